The van der Waals surface area contributed by atoms with Crippen molar-refractivity contribution in [2.45, 2.75) is 46.5 Å². The SMILES string of the molecule is CCCCCCOc1c(OC)cc(/C=N\Nc2nc(C)c(C(C)=O)s2)cc1[N+](=O)[O-]. The maximum Gasteiger partial charge on any atom is 0.315 e. The average molecular weight is 435 g/mol. The minimum atomic E-state index is -0.502. The Morgan fingerprint density at radius 3 is 2.73 bits per heavy atom. The number of ether oxygens (including phenoxy) is 2. The van der Waals surface area contributed by atoms with Gasteiger partial charge in [-0.3, -0.25) is 20.3 Å². The highest BCUT2D eigenvalue weighted by atomic mass is 32.1. The molecule has 1 heterocycles. The number of methoxy groups -OCH3 is 1. The van der Waals surface area contributed by atoms with Crippen LogP contribution in [0.15, 0.2) is 17.2 Å². The van der Waals surface area contributed by atoms with Crippen LogP contribution in [-0.2, 0) is 0 Å². The van der Waals surface area contributed by atoms with E-state index in [0.717, 1.165) is 25.7 Å². The number of anilines is 1. The Balaban J connectivity index is 2.17. The van der Waals surface area contributed by atoms with Crippen LogP contribution in [0.3, 0.4) is 0 Å². The first kappa shape index (κ1) is 23.3. The molecule has 0 aliphatic rings. The van der Waals surface area contributed by atoms with Gasteiger partial charge in [-0.2, -0.15) is 5.10 Å². The number of hydrogen-bond donors (Lipinski definition) is 1. The number of carbonyl (C=O) groups excluding carboxylic acids is 1. The molecule has 0 fully saturated rings. The fraction of sp³-hybridized carbons (Fsp3) is 0.450. The second kappa shape index (κ2) is 11.2. The highest BCUT2D eigenvalue weighted by Crippen LogP contribution is 2.38. The van der Waals surface area contributed by atoms with Crippen LogP contribution >= 0.6 is 11.3 Å². The summed E-state index contributed by atoms with van der Waals surface area (Å²) in [5, 5.41) is 16.1. The van der Waals surface area contributed by atoms with Gasteiger partial charge in [0, 0.05) is 18.6 Å². The van der Waals surface area contributed by atoms with Gasteiger partial charge in [-0.25, -0.2) is 4.98 Å². The number of thiazole rings is 1. The zero-order chi connectivity index (χ0) is 22.1. The van der Waals surface area contributed by atoms with Gasteiger partial charge in [-0.05, 0) is 19.4 Å². The number of nitrogens with one attached hydrogen (secondary N) is 1. The number of nitro benzene ring substituents is 1. The number of unbranched alkanes of at least 4 members (excludes halogenated alkanes) is 3. The van der Waals surface area contributed by atoms with Crippen LogP contribution in [0.5, 0.6) is 11.5 Å². The topological polar surface area (TPSA) is 116 Å². The summed E-state index contributed by atoms with van der Waals surface area (Å²) in [5.41, 5.74) is 3.65. The number of rotatable bonds is 12. The quantitative estimate of drug-likeness (QED) is 0.165. The zero-order valence-corrected chi connectivity index (χ0v) is 18.4. The Hall–Kier alpha value is -3.01. The predicted octanol–water partition coefficient (Wildman–Crippen LogP) is 4.98. The summed E-state index contributed by atoms with van der Waals surface area (Å²) in [6.07, 6.45) is 5.44. The lowest BCUT2D eigenvalue weighted by molar-refractivity contribution is -0.386. The molecule has 0 amide bonds. The van der Waals surface area contributed by atoms with Crippen molar-refractivity contribution in [3.63, 3.8) is 0 Å². The Labute approximate surface area is 179 Å². The highest BCUT2D eigenvalue weighted by Gasteiger charge is 2.22. The van der Waals surface area contributed by atoms with Crippen LogP contribution in [-0.4, -0.2) is 35.6 Å². The van der Waals surface area contributed by atoms with Gasteiger partial charge in [0.05, 0.1) is 35.4 Å². The van der Waals surface area contributed by atoms with Crippen molar-refractivity contribution in [2.75, 3.05) is 19.1 Å². The molecule has 1 aromatic heterocycles. The van der Waals surface area contributed by atoms with E-state index in [4.69, 9.17) is 9.47 Å². The lowest BCUT2D eigenvalue weighted by atomic mass is 10.1. The van der Waals surface area contributed by atoms with Crippen LogP contribution in [0.25, 0.3) is 0 Å². The molecule has 0 saturated heterocycles. The number of ketones is 1. The molecule has 30 heavy (non-hydrogen) atoms. The van der Waals surface area contributed by atoms with Crippen molar-refractivity contribution in [1.29, 1.82) is 0 Å². The second-order valence-electron chi connectivity index (χ2n) is 6.60. The molecule has 0 bridgehead atoms. The van der Waals surface area contributed by atoms with Gasteiger partial charge < -0.3 is 9.47 Å². The van der Waals surface area contributed by atoms with Crippen LogP contribution < -0.4 is 14.9 Å². The van der Waals surface area contributed by atoms with E-state index < -0.39 is 4.92 Å². The second-order valence-corrected chi connectivity index (χ2v) is 7.60. The van der Waals surface area contributed by atoms with Gasteiger partial charge in [0.25, 0.3) is 0 Å². The average Bonchev–Trinajstić information content (AvgIpc) is 3.08. The van der Waals surface area contributed by atoms with Gasteiger partial charge in [-0.1, -0.05) is 37.5 Å². The van der Waals surface area contributed by atoms with E-state index in [1.165, 1.54) is 37.7 Å². The molecular weight excluding hydrogens is 408 g/mol. The Kier molecular flexibility index (Phi) is 8.72. The first-order chi connectivity index (χ1) is 14.4. The molecule has 0 radical (unpaired) electrons. The molecule has 9 nitrogen and oxygen atoms in total. The van der Waals surface area contributed by atoms with Crippen molar-refractivity contribution in [3.8, 4) is 11.5 Å². The summed E-state index contributed by atoms with van der Waals surface area (Å²) in [4.78, 5) is 27.4. The van der Waals surface area contributed by atoms with E-state index in [1.807, 2.05) is 0 Å². The fourth-order valence-corrected chi connectivity index (χ4v) is 3.56. The van der Waals surface area contributed by atoms with Gasteiger partial charge in [-0.15, -0.1) is 0 Å². The largest absolute Gasteiger partial charge is 0.493 e. The van der Waals surface area contributed by atoms with Crippen molar-refractivity contribution in [2.24, 2.45) is 5.10 Å². The standard InChI is InChI=1S/C20H26N4O5S/c1-5-6-7-8-9-29-18-16(24(26)27)10-15(11-17(18)28-4)12-21-23-20-22-13(2)19(30-20)14(3)25/h10-12H,5-9H2,1-4H3,(H,22,23)/b21-12-. The fourth-order valence-electron chi connectivity index (χ4n) is 2.75. The maximum absolute atomic E-state index is 11.5. The van der Waals surface area contributed by atoms with E-state index in [2.05, 4.69) is 22.4 Å². The number of nitro groups is 1. The number of nitrogens with zero attached hydrogens (tertiary/aromatic N) is 3. The van der Waals surface area contributed by atoms with Crippen LogP contribution in [0, 0.1) is 17.0 Å². The molecule has 0 unspecified atom stereocenters. The molecule has 0 aliphatic carbocycles. The summed E-state index contributed by atoms with van der Waals surface area (Å²) >= 11 is 1.20. The number of aryl methyl sites for hydroxylation is 1. The molecule has 0 spiro atoms. The first-order valence-corrected chi connectivity index (χ1v) is 10.5. The Morgan fingerprint density at radius 1 is 1.37 bits per heavy atom. The summed E-state index contributed by atoms with van der Waals surface area (Å²) in [5.74, 6) is 0.323. The molecule has 162 valence electrons. The zero-order valence-electron chi connectivity index (χ0n) is 17.6. The lowest BCUT2D eigenvalue weighted by Gasteiger charge is -2.11. The van der Waals surface area contributed by atoms with Gasteiger partial charge in [0.2, 0.25) is 10.9 Å². The van der Waals surface area contributed by atoms with Crippen molar-refractivity contribution in [3.05, 3.63) is 38.4 Å². The molecule has 1 aromatic carbocycles. The number of hydrogen-bond acceptors (Lipinski definition) is 9. The Bertz CT molecular complexity index is 926. The first-order valence-electron chi connectivity index (χ1n) is 9.64. The molecular formula is C20H26N4O5S. The number of benzene rings is 1. The molecule has 10 heteroatoms. The number of hydrazone groups is 1. The Morgan fingerprint density at radius 2 is 2.13 bits per heavy atom. The van der Waals surface area contributed by atoms with Gasteiger partial charge in [0.1, 0.15) is 0 Å². The molecule has 2 rings (SSSR count). The number of aromatic nitrogens is 1. The lowest BCUT2D eigenvalue weighted by Crippen LogP contribution is -2.04. The minimum absolute atomic E-state index is 0.0623. The predicted molar refractivity (Wildman–Crippen MR) is 117 cm³/mol. The molecule has 0 saturated carbocycles. The minimum Gasteiger partial charge on any atom is -0.493 e. The van der Waals surface area contributed by atoms with E-state index >= 15 is 0 Å². The normalized spacial score (nSPS) is 10.9. The highest BCUT2D eigenvalue weighted by molar-refractivity contribution is 7.17. The molecule has 1 N–H and O–H groups in total. The van der Waals surface area contributed by atoms with E-state index in [9.17, 15) is 14.9 Å². The van der Waals surface area contributed by atoms with Crippen LogP contribution in [0.4, 0.5) is 10.8 Å². The molecule has 0 aliphatic heterocycles. The summed E-state index contributed by atoms with van der Waals surface area (Å²) in [7, 11) is 1.43. The van der Waals surface area contributed by atoms with Crippen molar-refractivity contribution in [1.82, 2.24) is 4.98 Å². The molecule has 2 aromatic rings. The summed E-state index contributed by atoms with van der Waals surface area (Å²) < 4.78 is 11.0. The third kappa shape index (κ3) is 6.24. The number of carbonyl (C=O) groups is 1. The van der Waals surface area contributed by atoms with Crippen LogP contribution in [0.1, 0.15) is 60.5 Å². The van der Waals surface area contributed by atoms with E-state index in [-0.39, 0.29) is 23.0 Å². The van der Waals surface area contributed by atoms with E-state index in [0.29, 0.717) is 27.9 Å². The monoisotopic (exact) mass is 434 g/mol. The maximum atomic E-state index is 11.5. The summed E-state index contributed by atoms with van der Waals surface area (Å²) in [6.45, 7) is 5.72. The number of Topliss-reactive ketones (excluding diaryl/α,β-unsaturated/α-hetero) is 1. The summed E-state index contributed by atoms with van der Waals surface area (Å²) in [6, 6.07) is 3.00. The molecule has 0 atom stereocenters. The van der Waals surface area contributed by atoms with Crippen LogP contribution in [0.2, 0.25) is 0 Å². The van der Waals surface area contributed by atoms with Gasteiger partial charge >= 0.3 is 5.69 Å². The smallest absolute Gasteiger partial charge is 0.315 e. The van der Waals surface area contributed by atoms with E-state index in [1.54, 1.807) is 13.0 Å². The van der Waals surface area contributed by atoms with Gasteiger partial charge in [0.15, 0.2) is 11.5 Å². The van der Waals surface area contributed by atoms with Crippen molar-refractivity contribution >= 4 is 34.2 Å². The van der Waals surface area contributed by atoms with Crippen molar-refractivity contribution < 1.29 is 19.2 Å². The third-order valence-electron chi connectivity index (χ3n) is 4.21. The third-order valence-corrected chi connectivity index (χ3v) is 5.37.